The molecular formula is C19H26BrN3O3. The van der Waals surface area contributed by atoms with Crippen LogP contribution in [-0.2, 0) is 10.6 Å². The third kappa shape index (κ3) is 3.61. The quantitative estimate of drug-likeness (QED) is 0.727. The summed E-state index contributed by atoms with van der Waals surface area (Å²) in [7, 11) is 3.57. The number of hydroxylamine groups is 2. The number of fused-ring (bicyclic) bond motifs is 2. The van der Waals surface area contributed by atoms with Crippen molar-refractivity contribution in [2.24, 2.45) is 10.9 Å². The Bertz CT molecular complexity index is 733. The number of benzene rings is 1. The van der Waals surface area contributed by atoms with E-state index in [2.05, 4.69) is 46.2 Å². The maximum Gasteiger partial charge on any atom is 0.220 e. The average Bonchev–Trinajstić information content (AvgIpc) is 2.91. The predicted octanol–water partition coefficient (Wildman–Crippen LogP) is 3.17. The van der Waals surface area contributed by atoms with E-state index in [9.17, 15) is 5.11 Å². The summed E-state index contributed by atoms with van der Waals surface area (Å²) in [6, 6.07) is 5.94. The number of hydrogen-bond donors (Lipinski definition) is 2. The van der Waals surface area contributed by atoms with Crippen LogP contribution >= 0.6 is 15.9 Å². The number of halogens is 1. The summed E-state index contributed by atoms with van der Waals surface area (Å²) in [5.41, 5.74) is 1.40. The number of guanidine groups is 1. The summed E-state index contributed by atoms with van der Waals surface area (Å²) in [5, 5.41) is 14.6. The van der Waals surface area contributed by atoms with Crippen molar-refractivity contribution in [3.8, 4) is 5.75 Å². The van der Waals surface area contributed by atoms with E-state index in [0.29, 0.717) is 18.8 Å². The molecule has 2 N–H and O–H groups in total. The molecule has 1 aromatic carbocycles. The second kappa shape index (κ2) is 7.58. The monoisotopic (exact) mass is 423 g/mol. The molecule has 3 atom stereocenters. The summed E-state index contributed by atoms with van der Waals surface area (Å²) in [4.78, 5) is 10.5. The fourth-order valence-corrected chi connectivity index (χ4v) is 4.03. The lowest BCUT2D eigenvalue weighted by Gasteiger charge is -2.40. The molecule has 1 saturated heterocycles. The van der Waals surface area contributed by atoms with Gasteiger partial charge in [-0.25, -0.2) is 9.90 Å². The molecule has 0 aliphatic carbocycles. The molecule has 3 rings (SSSR count). The number of ether oxygens (including phenoxy) is 1. The highest BCUT2D eigenvalue weighted by Gasteiger charge is 2.51. The Balaban J connectivity index is 2.04. The van der Waals surface area contributed by atoms with Gasteiger partial charge in [0.05, 0.1) is 0 Å². The topological polar surface area (TPSA) is 66.3 Å². The Labute approximate surface area is 163 Å². The Hall–Kier alpha value is -1.57. The van der Waals surface area contributed by atoms with Gasteiger partial charge in [0.1, 0.15) is 11.9 Å². The van der Waals surface area contributed by atoms with E-state index < -0.39 is 5.72 Å². The van der Waals surface area contributed by atoms with Crippen LogP contribution in [0.4, 0.5) is 0 Å². The van der Waals surface area contributed by atoms with Crippen molar-refractivity contribution in [3.05, 3.63) is 39.9 Å². The molecule has 7 heteroatoms. The summed E-state index contributed by atoms with van der Waals surface area (Å²) < 4.78 is 7.30. The molecule has 2 aliphatic heterocycles. The molecule has 0 amide bonds. The van der Waals surface area contributed by atoms with Crippen LogP contribution in [0.5, 0.6) is 5.75 Å². The largest absolute Gasteiger partial charge is 0.489 e. The third-order valence-electron chi connectivity index (χ3n) is 4.75. The van der Waals surface area contributed by atoms with E-state index in [4.69, 9.17) is 9.57 Å². The van der Waals surface area contributed by atoms with Gasteiger partial charge in [-0.1, -0.05) is 27.6 Å². The summed E-state index contributed by atoms with van der Waals surface area (Å²) in [5.74, 6) is 1.56. The molecule has 142 valence electrons. The fraction of sp³-hybridized carbons (Fsp3) is 0.526. The van der Waals surface area contributed by atoms with Crippen LogP contribution in [0.2, 0.25) is 0 Å². The van der Waals surface area contributed by atoms with Gasteiger partial charge >= 0.3 is 0 Å². The van der Waals surface area contributed by atoms with Gasteiger partial charge in [0.2, 0.25) is 11.7 Å². The Morgan fingerprint density at radius 2 is 2.31 bits per heavy atom. The molecule has 2 heterocycles. The van der Waals surface area contributed by atoms with Gasteiger partial charge in [0.25, 0.3) is 0 Å². The van der Waals surface area contributed by atoms with Crippen molar-refractivity contribution in [3.63, 3.8) is 0 Å². The Kier molecular flexibility index (Phi) is 5.60. The number of aliphatic hydroxyl groups excluding tert-OH is 1. The van der Waals surface area contributed by atoms with Gasteiger partial charge in [0, 0.05) is 43.1 Å². The van der Waals surface area contributed by atoms with E-state index in [0.717, 1.165) is 15.8 Å². The first-order valence-electron chi connectivity index (χ1n) is 8.79. The summed E-state index contributed by atoms with van der Waals surface area (Å²) in [6.07, 6.45) is 3.30. The maximum atomic E-state index is 9.53. The Morgan fingerprint density at radius 3 is 2.92 bits per heavy atom. The molecule has 1 fully saturated rings. The second-order valence-electron chi connectivity index (χ2n) is 7.01. The smallest absolute Gasteiger partial charge is 0.220 e. The SMILES string of the molecule is CN=C1NC2(CC(C(C=C(C)C)CCO)Oc3ccc(Br)cc32)ON1C. The molecule has 2 aliphatic rings. The fourth-order valence-electron chi connectivity index (χ4n) is 3.67. The van der Waals surface area contributed by atoms with Crippen molar-refractivity contribution in [2.45, 2.75) is 38.5 Å². The lowest BCUT2D eigenvalue weighted by molar-refractivity contribution is -0.193. The lowest BCUT2D eigenvalue weighted by atomic mass is 9.85. The molecule has 1 aromatic rings. The number of hydrogen-bond acceptors (Lipinski definition) is 4. The molecule has 0 aromatic heterocycles. The van der Waals surface area contributed by atoms with Gasteiger partial charge in [-0.3, -0.25) is 4.99 Å². The Morgan fingerprint density at radius 1 is 1.54 bits per heavy atom. The zero-order valence-electron chi connectivity index (χ0n) is 15.6. The summed E-state index contributed by atoms with van der Waals surface area (Å²) >= 11 is 3.54. The average molecular weight is 424 g/mol. The lowest BCUT2D eigenvalue weighted by Crippen LogP contribution is -2.49. The van der Waals surface area contributed by atoms with Crippen molar-refractivity contribution in [1.29, 1.82) is 0 Å². The first-order valence-corrected chi connectivity index (χ1v) is 9.58. The molecule has 3 unspecified atom stereocenters. The van der Waals surface area contributed by atoms with E-state index >= 15 is 0 Å². The van der Waals surface area contributed by atoms with Crippen molar-refractivity contribution in [2.75, 3.05) is 20.7 Å². The first kappa shape index (κ1) is 19.2. The van der Waals surface area contributed by atoms with E-state index in [-0.39, 0.29) is 18.6 Å². The van der Waals surface area contributed by atoms with Crippen LogP contribution < -0.4 is 10.1 Å². The van der Waals surface area contributed by atoms with Crippen LogP contribution in [-0.4, -0.2) is 42.9 Å². The molecule has 0 bridgehead atoms. The normalized spacial score (nSPS) is 27.1. The molecule has 6 nitrogen and oxygen atoms in total. The van der Waals surface area contributed by atoms with E-state index in [1.807, 2.05) is 25.2 Å². The highest BCUT2D eigenvalue weighted by atomic mass is 79.9. The third-order valence-corrected chi connectivity index (χ3v) is 5.24. The van der Waals surface area contributed by atoms with E-state index in [1.54, 1.807) is 12.1 Å². The molecule has 1 spiro atoms. The number of aliphatic imine (C=N–C) groups is 1. The van der Waals surface area contributed by atoms with Crippen LogP contribution in [0.25, 0.3) is 0 Å². The van der Waals surface area contributed by atoms with Crippen molar-refractivity contribution < 1.29 is 14.7 Å². The number of allylic oxidation sites excluding steroid dienone is 1. The molecular weight excluding hydrogens is 398 g/mol. The highest BCUT2D eigenvalue weighted by molar-refractivity contribution is 9.10. The van der Waals surface area contributed by atoms with Gasteiger partial charge in [-0.05, 0) is 38.5 Å². The minimum atomic E-state index is -0.741. The van der Waals surface area contributed by atoms with Gasteiger partial charge < -0.3 is 15.2 Å². The summed E-state index contributed by atoms with van der Waals surface area (Å²) in [6.45, 7) is 4.24. The molecule has 0 saturated carbocycles. The van der Waals surface area contributed by atoms with Crippen LogP contribution in [0.1, 0.15) is 32.3 Å². The number of nitrogens with zero attached hydrogens (tertiary/aromatic N) is 2. The zero-order valence-corrected chi connectivity index (χ0v) is 17.2. The van der Waals surface area contributed by atoms with Crippen LogP contribution in [0.3, 0.4) is 0 Å². The number of nitrogens with one attached hydrogen (secondary N) is 1. The second-order valence-corrected chi connectivity index (χ2v) is 7.92. The van der Waals surface area contributed by atoms with E-state index in [1.165, 1.54) is 5.57 Å². The van der Waals surface area contributed by atoms with Crippen LogP contribution in [0, 0.1) is 5.92 Å². The van der Waals surface area contributed by atoms with Gasteiger partial charge in [-0.15, -0.1) is 0 Å². The zero-order chi connectivity index (χ0) is 18.9. The number of aliphatic hydroxyl groups is 1. The van der Waals surface area contributed by atoms with Gasteiger partial charge in [0.15, 0.2) is 0 Å². The minimum absolute atomic E-state index is 0.0944. The minimum Gasteiger partial charge on any atom is -0.489 e. The van der Waals surface area contributed by atoms with Crippen LogP contribution in [0.15, 0.2) is 39.3 Å². The van der Waals surface area contributed by atoms with Crippen molar-refractivity contribution >= 4 is 21.9 Å². The predicted molar refractivity (Wildman–Crippen MR) is 105 cm³/mol. The van der Waals surface area contributed by atoms with Gasteiger partial charge in [-0.2, -0.15) is 0 Å². The first-order chi connectivity index (χ1) is 12.4. The highest BCUT2D eigenvalue weighted by Crippen LogP contribution is 2.46. The van der Waals surface area contributed by atoms with Crippen molar-refractivity contribution in [1.82, 2.24) is 10.4 Å². The molecule has 26 heavy (non-hydrogen) atoms. The standard InChI is InChI=1S/C19H26BrN3O3/c1-12(2)9-13(7-8-24)17-11-19(22-18(21-3)23(4)26-19)15-10-14(20)5-6-16(15)25-17/h5-6,9-10,13,17,24H,7-8,11H2,1-4H3,(H,21,22). The molecule has 0 radical (unpaired) electrons. The number of rotatable bonds is 4. The maximum absolute atomic E-state index is 9.53.